The normalized spacial score (nSPS) is 11.7. The first-order chi connectivity index (χ1) is 8.62. The maximum atomic E-state index is 5.31. The molecule has 0 amide bonds. The van der Waals surface area contributed by atoms with Gasteiger partial charge in [-0.2, -0.15) is 4.98 Å². The van der Waals surface area contributed by atoms with Crippen LogP contribution in [0.4, 0.5) is 0 Å². The third-order valence-corrected chi connectivity index (χ3v) is 2.73. The Hall–Kier alpha value is -1.75. The zero-order valence-corrected chi connectivity index (χ0v) is 11.0. The first-order valence-corrected chi connectivity index (χ1v) is 6.09. The van der Waals surface area contributed by atoms with Crippen molar-refractivity contribution in [2.24, 2.45) is 0 Å². The van der Waals surface area contributed by atoms with Crippen LogP contribution in [-0.4, -0.2) is 21.7 Å². The first-order valence-electron chi connectivity index (χ1n) is 6.09. The quantitative estimate of drug-likeness (QED) is 0.873. The summed E-state index contributed by atoms with van der Waals surface area (Å²) in [6.45, 7) is 6.96. The van der Waals surface area contributed by atoms with E-state index in [1.165, 1.54) is 0 Å². The summed E-state index contributed by atoms with van der Waals surface area (Å²) in [5.74, 6) is 1.32. The summed E-state index contributed by atoms with van der Waals surface area (Å²) in [7, 11) is 0. The Labute approximate surface area is 107 Å². The summed E-state index contributed by atoms with van der Waals surface area (Å²) in [5.41, 5.74) is 0.830. The highest BCUT2D eigenvalue weighted by atomic mass is 16.5. The zero-order valence-electron chi connectivity index (χ0n) is 11.0. The van der Waals surface area contributed by atoms with Gasteiger partial charge in [0.25, 0.3) is 0 Å². The minimum absolute atomic E-state index is 0.293. The van der Waals surface area contributed by atoms with Crippen LogP contribution in [0.1, 0.15) is 38.0 Å². The molecule has 18 heavy (non-hydrogen) atoms. The van der Waals surface area contributed by atoms with Crippen molar-refractivity contribution in [3.63, 3.8) is 0 Å². The molecule has 0 fully saturated rings. The molecular formula is C13H18N4O. The van der Waals surface area contributed by atoms with Gasteiger partial charge in [0.2, 0.25) is 5.89 Å². The Morgan fingerprint density at radius 3 is 2.67 bits per heavy atom. The second-order valence-electron chi connectivity index (χ2n) is 4.70. The molecule has 0 atom stereocenters. The highest BCUT2D eigenvalue weighted by molar-refractivity contribution is 5.15. The summed E-state index contributed by atoms with van der Waals surface area (Å²) in [4.78, 5) is 8.42. The summed E-state index contributed by atoms with van der Waals surface area (Å²) in [6.07, 6.45) is 4.19. The van der Waals surface area contributed by atoms with Crippen LogP contribution in [0.5, 0.6) is 0 Å². The lowest BCUT2D eigenvalue weighted by molar-refractivity contribution is 0.271. The van der Waals surface area contributed by atoms with Crippen molar-refractivity contribution in [2.75, 3.05) is 6.54 Å². The molecule has 0 unspecified atom stereocenters. The van der Waals surface area contributed by atoms with E-state index in [0.717, 1.165) is 12.1 Å². The predicted molar refractivity (Wildman–Crippen MR) is 68.0 cm³/mol. The second-order valence-corrected chi connectivity index (χ2v) is 4.70. The average molecular weight is 246 g/mol. The minimum Gasteiger partial charge on any atom is -0.337 e. The Bertz CT molecular complexity index is 493. The van der Waals surface area contributed by atoms with Crippen molar-refractivity contribution < 1.29 is 4.52 Å². The average Bonchev–Trinajstić information content (AvgIpc) is 2.79. The lowest BCUT2D eigenvalue weighted by Crippen LogP contribution is -2.36. The van der Waals surface area contributed by atoms with Crippen LogP contribution < -0.4 is 5.32 Å². The molecule has 2 aromatic rings. The highest BCUT2D eigenvalue weighted by Crippen LogP contribution is 2.18. The van der Waals surface area contributed by atoms with E-state index in [9.17, 15) is 0 Å². The number of rotatable bonds is 5. The molecule has 0 bridgehead atoms. The van der Waals surface area contributed by atoms with Gasteiger partial charge in [-0.05, 0) is 38.1 Å². The Morgan fingerprint density at radius 1 is 1.28 bits per heavy atom. The van der Waals surface area contributed by atoms with Crippen molar-refractivity contribution >= 4 is 0 Å². The summed E-state index contributed by atoms with van der Waals surface area (Å²) >= 11 is 0. The van der Waals surface area contributed by atoms with E-state index in [4.69, 9.17) is 4.52 Å². The monoisotopic (exact) mass is 246 g/mol. The van der Waals surface area contributed by atoms with Crippen molar-refractivity contribution in [3.05, 3.63) is 41.8 Å². The van der Waals surface area contributed by atoms with Crippen LogP contribution in [0.3, 0.4) is 0 Å². The van der Waals surface area contributed by atoms with Crippen LogP contribution in [0.25, 0.3) is 0 Å². The van der Waals surface area contributed by atoms with E-state index < -0.39 is 0 Å². The molecule has 0 aromatic carbocycles. The van der Waals surface area contributed by atoms with Crippen molar-refractivity contribution in [1.82, 2.24) is 20.4 Å². The number of pyridine rings is 1. The molecule has 2 rings (SSSR count). The highest BCUT2D eigenvalue weighted by Gasteiger charge is 2.26. The Kier molecular flexibility index (Phi) is 3.72. The molecule has 2 aromatic heterocycles. The van der Waals surface area contributed by atoms with Crippen LogP contribution in [0.15, 0.2) is 29.0 Å². The molecule has 0 aliphatic carbocycles. The molecule has 0 saturated carbocycles. The van der Waals surface area contributed by atoms with E-state index in [-0.39, 0.29) is 5.54 Å². The molecule has 5 heteroatoms. The summed E-state index contributed by atoms with van der Waals surface area (Å²) < 4.78 is 5.31. The van der Waals surface area contributed by atoms with Crippen LogP contribution in [-0.2, 0) is 12.0 Å². The molecule has 0 aliphatic heterocycles. The Morgan fingerprint density at radius 2 is 2.00 bits per heavy atom. The number of aromatic nitrogens is 3. The van der Waals surface area contributed by atoms with Gasteiger partial charge >= 0.3 is 0 Å². The summed E-state index contributed by atoms with van der Waals surface area (Å²) in [6, 6.07) is 3.90. The predicted octanol–water partition coefficient (Wildman–Crippen LogP) is 1.90. The van der Waals surface area contributed by atoms with E-state index in [0.29, 0.717) is 18.1 Å². The van der Waals surface area contributed by atoms with Gasteiger partial charge in [-0.1, -0.05) is 12.1 Å². The molecule has 0 aliphatic rings. The molecule has 96 valence electrons. The van der Waals surface area contributed by atoms with E-state index >= 15 is 0 Å². The maximum Gasteiger partial charge on any atom is 0.246 e. The number of nitrogens with one attached hydrogen (secondary N) is 1. The third kappa shape index (κ3) is 2.92. The number of nitrogens with zero attached hydrogens (tertiary/aromatic N) is 3. The van der Waals surface area contributed by atoms with Crippen LogP contribution in [0, 0.1) is 0 Å². The van der Waals surface area contributed by atoms with Gasteiger partial charge < -0.3 is 9.84 Å². The topological polar surface area (TPSA) is 63.8 Å². The van der Waals surface area contributed by atoms with Crippen molar-refractivity contribution in [1.29, 1.82) is 0 Å². The van der Waals surface area contributed by atoms with E-state index in [2.05, 4.69) is 27.4 Å². The largest absolute Gasteiger partial charge is 0.337 e. The van der Waals surface area contributed by atoms with Crippen molar-refractivity contribution in [2.45, 2.75) is 32.7 Å². The molecule has 0 saturated heterocycles. The van der Waals surface area contributed by atoms with Gasteiger partial charge in [-0.3, -0.25) is 4.98 Å². The lowest BCUT2D eigenvalue weighted by atomic mass is 10.1. The summed E-state index contributed by atoms with van der Waals surface area (Å²) in [5, 5.41) is 7.32. The molecule has 2 heterocycles. The van der Waals surface area contributed by atoms with Gasteiger partial charge in [-0.25, -0.2) is 0 Å². The zero-order chi connectivity index (χ0) is 13.0. The smallest absolute Gasteiger partial charge is 0.246 e. The fourth-order valence-corrected chi connectivity index (χ4v) is 1.78. The minimum atomic E-state index is -0.293. The Balaban J connectivity index is 2.11. The van der Waals surface area contributed by atoms with Gasteiger partial charge in [0.15, 0.2) is 5.82 Å². The first kappa shape index (κ1) is 12.7. The van der Waals surface area contributed by atoms with Gasteiger partial charge in [0.05, 0.1) is 5.54 Å². The molecule has 0 spiro atoms. The van der Waals surface area contributed by atoms with Crippen LogP contribution >= 0.6 is 0 Å². The fraction of sp³-hybridized carbons (Fsp3) is 0.462. The number of hydrogen-bond donors (Lipinski definition) is 1. The van der Waals surface area contributed by atoms with Gasteiger partial charge in [0, 0.05) is 18.8 Å². The lowest BCUT2D eigenvalue weighted by Gasteiger charge is -2.20. The van der Waals surface area contributed by atoms with E-state index in [1.54, 1.807) is 12.4 Å². The fourth-order valence-electron chi connectivity index (χ4n) is 1.78. The molecule has 5 nitrogen and oxygen atoms in total. The second kappa shape index (κ2) is 5.27. The molecule has 0 radical (unpaired) electrons. The van der Waals surface area contributed by atoms with E-state index in [1.807, 2.05) is 26.0 Å². The standard InChI is InChI=1S/C13H18N4O/c1-4-15-13(2,3)12-16-11(17-18-12)9-10-5-7-14-8-6-10/h5-8,15H,4,9H2,1-3H3. The molecular weight excluding hydrogens is 228 g/mol. The van der Waals surface area contributed by atoms with Gasteiger partial charge in [0.1, 0.15) is 0 Å². The third-order valence-electron chi connectivity index (χ3n) is 2.73. The van der Waals surface area contributed by atoms with Crippen molar-refractivity contribution in [3.8, 4) is 0 Å². The number of hydrogen-bond acceptors (Lipinski definition) is 5. The SMILES string of the molecule is CCNC(C)(C)c1nc(Cc2ccncc2)no1. The maximum absolute atomic E-state index is 5.31. The van der Waals surface area contributed by atoms with Crippen LogP contribution in [0.2, 0.25) is 0 Å². The molecule has 1 N–H and O–H groups in total. The van der Waals surface area contributed by atoms with Gasteiger partial charge in [-0.15, -0.1) is 0 Å².